The van der Waals surface area contributed by atoms with Gasteiger partial charge in [0.05, 0.1) is 16.7 Å². The summed E-state index contributed by atoms with van der Waals surface area (Å²) in [5, 5.41) is 0.885. The highest BCUT2D eigenvalue weighted by Crippen LogP contribution is 2.40. The number of aromatic nitrogens is 1. The molecule has 2 aromatic carbocycles. The Labute approximate surface area is 277 Å². The van der Waals surface area contributed by atoms with E-state index in [1.807, 2.05) is 29.7 Å². The number of barbiturate groups is 1. The van der Waals surface area contributed by atoms with E-state index in [0.29, 0.717) is 53.3 Å². The van der Waals surface area contributed by atoms with Gasteiger partial charge in [-0.1, -0.05) is 41.4 Å². The third kappa shape index (κ3) is 5.89. The first-order valence-electron chi connectivity index (χ1n) is 15.4. The Balaban J connectivity index is 1.30. The Morgan fingerprint density at radius 2 is 1.57 bits per heavy atom. The molecule has 3 aliphatic heterocycles. The number of hydrogen-bond acceptors (Lipinski definition) is 7. The Hall–Kier alpha value is -3.86. The molecule has 12 heteroatoms. The Kier molecular flexibility index (Phi) is 8.89. The van der Waals surface area contributed by atoms with Crippen molar-refractivity contribution in [3.8, 4) is 11.5 Å². The fraction of sp³-hybridized carbons (Fsp3) is 0.412. The van der Waals surface area contributed by atoms with Crippen LogP contribution in [0.5, 0.6) is 11.5 Å². The molecular formula is C34H36Cl2N4O6. The summed E-state index contributed by atoms with van der Waals surface area (Å²) in [6.45, 7) is 4.41. The van der Waals surface area contributed by atoms with E-state index < -0.39 is 23.3 Å². The minimum atomic E-state index is -1.55. The molecule has 0 spiro atoms. The molecule has 2 atom stereocenters. The summed E-state index contributed by atoms with van der Waals surface area (Å²) in [5.41, 5.74) is 0.938. The summed E-state index contributed by atoms with van der Waals surface area (Å²) in [6.07, 6.45) is 0.996. The minimum absolute atomic E-state index is 0.00832. The monoisotopic (exact) mass is 666 g/mol. The Morgan fingerprint density at radius 1 is 0.826 bits per heavy atom. The predicted molar refractivity (Wildman–Crippen MR) is 173 cm³/mol. The first-order chi connectivity index (χ1) is 22.0. The van der Waals surface area contributed by atoms with Gasteiger partial charge >= 0.3 is 6.03 Å². The summed E-state index contributed by atoms with van der Waals surface area (Å²) in [7, 11) is 2.84. The number of halogens is 2. The van der Waals surface area contributed by atoms with Gasteiger partial charge in [-0.05, 0) is 67.1 Å². The average Bonchev–Trinajstić information content (AvgIpc) is 3.04. The third-order valence-electron chi connectivity index (χ3n) is 9.24. The van der Waals surface area contributed by atoms with Crippen LogP contribution in [0, 0.1) is 11.3 Å². The number of carbonyl (C=O) groups is 3. The van der Waals surface area contributed by atoms with Gasteiger partial charge in [0.2, 0.25) is 11.8 Å². The van der Waals surface area contributed by atoms with Crippen molar-refractivity contribution in [2.75, 3.05) is 40.3 Å². The third-order valence-corrected chi connectivity index (χ3v) is 9.98. The maximum Gasteiger partial charge on any atom is 0.332 e. The highest BCUT2D eigenvalue weighted by atomic mass is 35.5. The van der Waals surface area contributed by atoms with E-state index in [1.54, 1.807) is 36.4 Å². The van der Waals surface area contributed by atoms with E-state index in [1.165, 1.54) is 14.1 Å². The molecule has 1 aromatic heterocycles. The maximum atomic E-state index is 14.1. The number of imide groups is 2. The van der Waals surface area contributed by atoms with Crippen LogP contribution in [0.25, 0.3) is 0 Å². The molecule has 3 aromatic rings. The molecule has 2 saturated heterocycles. The van der Waals surface area contributed by atoms with Crippen molar-refractivity contribution >= 4 is 41.0 Å². The lowest BCUT2D eigenvalue weighted by Gasteiger charge is -2.48. The summed E-state index contributed by atoms with van der Waals surface area (Å²) in [6, 6.07) is 15.3. The van der Waals surface area contributed by atoms with Crippen molar-refractivity contribution in [1.29, 1.82) is 0 Å². The topological polar surface area (TPSA) is 101 Å². The number of pyridine rings is 1. The fourth-order valence-corrected chi connectivity index (χ4v) is 7.49. The Morgan fingerprint density at radius 3 is 2.28 bits per heavy atom. The SMILES string of the molecule is CCOc1cc(CC2(CN3C[C@@H]4C[C@H](C3)c3cccc(=O)n3C4)C(=O)N(C)C(=O)N(C)C2=O)ccc1OCc1ccc(Cl)c(Cl)c1. The minimum Gasteiger partial charge on any atom is -0.490 e. The quantitative estimate of drug-likeness (QED) is 0.302. The molecule has 0 saturated carbocycles. The fourth-order valence-electron chi connectivity index (χ4n) is 7.17. The van der Waals surface area contributed by atoms with Crippen LogP contribution < -0.4 is 15.0 Å². The number of piperidine rings is 1. The van der Waals surface area contributed by atoms with Crippen molar-refractivity contribution in [3.05, 3.63) is 91.8 Å². The number of hydrogen-bond donors (Lipinski definition) is 0. The Bertz CT molecular complexity index is 1740. The van der Waals surface area contributed by atoms with Crippen LogP contribution >= 0.6 is 23.2 Å². The van der Waals surface area contributed by atoms with Crippen LogP contribution in [0.4, 0.5) is 4.79 Å². The number of rotatable bonds is 9. The van der Waals surface area contributed by atoms with Gasteiger partial charge in [0.25, 0.3) is 5.56 Å². The lowest BCUT2D eigenvalue weighted by Crippen LogP contribution is -2.67. The number of amides is 4. The smallest absolute Gasteiger partial charge is 0.332 e. The van der Waals surface area contributed by atoms with Gasteiger partial charge in [0, 0.05) is 58.0 Å². The zero-order valence-electron chi connectivity index (χ0n) is 26.0. The van der Waals surface area contributed by atoms with Gasteiger partial charge in [0.15, 0.2) is 11.5 Å². The van der Waals surface area contributed by atoms with Crippen molar-refractivity contribution < 1.29 is 23.9 Å². The molecule has 0 radical (unpaired) electrons. The zero-order valence-corrected chi connectivity index (χ0v) is 27.5. The number of carbonyl (C=O) groups excluding carboxylic acids is 3. The summed E-state index contributed by atoms with van der Waals surface area (Å²) >= 11 is 12.2. The van der Waals surface area contributed by atoms with Crippen LogP contribution in [-0.4, -0.2) is 77.4 Å². The second kappa shape index (κ2) is 12.7. The number of benzene rings is 2. The number of urea groups is 1. The van der Waals surface area contributed by atoms with Crippen LogP contribution in [0.2, 0.25) is 10.0 Å². The summed E-state index contributed by atoms with van der Waals surface area (Å²) in [4.78, 5) is 57.8. The van der Waals surface area contributed by atoms with Crippen molar-refractivity contribution in [2.45, 2.75) is 38.8 Å². The van der Waals surface area contributed by atoms with Gasteiger partial charge in [-0.15, -0.1) is 0 Å². The second-order valence-corrected chi connectivity index (χ2v) is 13.2. The lowest BCUT2D eigenvalue weighted by atomic mass is 9.75. The van der Waals surface area contributed by atoms with Crippen molar-refractivity contribution in [1.82, 2.24) is 19.3 Å². The van der Waals surface area contributed by atoms with Crippen molar-refractivity contribution in [2.24, 2.45) is 11.3 Å². The molecule has 0 N–H and O–H groups in total. The van der Waals surface area contributed by atoms with Crippen LogP contribution in [0.3, 0.4) is 0 Å². The largest absolute Gasteiger partial charge is 0.490 e. The molecule has 0 aliphatic carbocycles. The highest BCUT2D eigenvalue weighted by molar-refractivity contribution is 6.42. The maximum absolute atomic E-state index is 14.1. The normalized spacial score (nSPS) is 20.9. The molecule has 0 unspecified atom stereocenters. The summed E-state index contributed by atoms with van der Waals surface area (Å²) in [5.74, 6) is 0.191. The lowest BCUT2D eigenvalue weighted by molar-refractivity contribution is -0.159. The van der Waals surface area contributed by atoms with Gasteiger partial charge in [-0.3, -0.25) is 24.2 Å². The second-order valence-electron chi connectivity index (χ2n) is 12.4. The molecule has 3 aliphatic rings. The first-order valence-corrected chi connectivity index (χ1v) is 16.1. The molecule has 46 heavy (non-hydrogen) atoms. The molecule has 4 heterocycles. The molecule has 2 fully saturated rings. The number of likely N-dealkylation sites (tertiary alicyclic amines) is 1. The number of ether oxygens (including phenoxy) is 2. The molecule has 242 valence electrons. The zero-order chi connectivity index (χ0) is 32.7. The highest BCUT2D eigenvalue weighted by Gasteiger charge is 2.56. The van der Waals surface area contributed by atoms with Gasteiger partial charge in [0.1, 0.15) is 12.0 Å². The first kappa shape index (κ1) is 32.1. The number of fused-ring (bicyclic) bond motifs is 4. The van der Waals surface area contributed by atoms with Gasteiger partial charge in [-0.25, -0.2) is 4.79 Å². The average molecular weight is 668 g/mol. The molecule has 10 nitrogen and oxygen atoms in total. The van der Waals surface area contributed by atoms with Crippen molar-refractivity contribution in [3.63, 3.8) is 0 Å². The molecule has 6 rings (SSSR count). The van der Waals surface area contributed by atoms with Gasteiger partial charge in [-0.2, -0.15) is 0 Å². The van der Waals surface area contributed by atoms with E-state index in [4.69, 9.17) is 32.7 Å². The standard InChI is InChI=1S/C34H36Cl2N4O6/c1-4-45-29-14-21(9-11-28(29)46-19-22-8-10-25(35)26(36)13-22)15-34(31(42)37(2)33(44)38(3)32(34)43)20-39-16-23-12-24(18-39)27-6-5-7-30(41)40(27)17-23/h5-11,13-14,23-24H,4,12,15-20H2,1-3H3/t23-,24+/m0/s1. The van der Waals surface area contributed by atoms with E-state index >= 15 is 0 Å². The molecule has 4 amide bonds. The van der Waals surface area contributed by atoms with Crippen LogP contribution in [0.1, 0.15) is 36.1 Å². The van der Waals surface area contributed by atoms with E-state index in [2.05, 4.69) is 4.90 Å². The van der Waals surface area contributed by atoms with Crippen LogP contribution in [0.15, 0.2) is 59.4 Å². The van der Waals surface area contributed by atoms with Gasteiger partial charge < -0.3 is 18.9 Å². The molecular weight excluding hydrogens is 631 g/mol. The van der Waals surface area contributed by atoms with E-state index in [9.17, 15) is 19.2 Å². The van der Waals surface area contributed by atoms with Crippen LogP contribution in [-0.2, 0) is 29.2 Å². The number of nitrogens with zero attached hydrogens (tertiary/aromatic N) is 4. The van der Waals surface area contributed by atoms with E-state index in [0.717, 1.165) is 27.5 Å². The summed E-state index contributed by atoms with van der Waals surface area (Å²) < 4.78 is 13.9. The van der Waals surface area contributed by atoms with E-state index in [-0.39, 0.29) is 37.0 Å². The molecule has 2 bridgehead atoms. The predicted octanol–water partition coefficient (Wildman–Crippen LogP) is 4.83.